The van der Waals surface area contributed by atoms with Gasteiger partial charge in [-0.3, -0.25) is 19.9 Å². The number of hydrogen-bond acceptors (Lipinski definition) is 7. The second kappa shape index (κ2) is 10.8. The summed E-state index contributed by atoms with van der Waals surface area (Å²) in [6, 6.07) is 9.64. The molecule has 0 radical (unpaired) electrons. The largest absolute Gasteiger partial charge is 0.449 e. The molecule has 1 N–H and O–H groups in total. The van der Waals surface area contributed by atoms with Crippen LogP contribution in [0.2, 0.25) is 0 Å². The van der Waals surface area contributed by atoms with Crippen molar-refractivity contribution >= 4 is 23.4 Å². The number of anilines is 1. The van der Waals surface area contributed by atoms with Crippen molar-refractivity contribution < 1.29 is 19.2 Å². The number of rotatable bonds is 7. The van der Waals surface area contributed by atoms with Crippen molar-refractivity contribution in [1.82, 2.24) is 14.8 Å². The fourth-order valence-electron chi connectivity index (χ4n) is 3.48. The SMILES string of the molecule is CC(C)COC(=O)N1CCN(C(=O)c2ccc(NC(C)c3ccccn3)c([N+](=O)[O-])c2)CC1. The Balaban J connectivity index is 1.66. The van der Waals surface area contributed by atoms with Crippen LogP contribution in [0.25, 0.3) is 0 Å². The molecule has 1 aromatic carbocycles. The molecule has 176 valence electrons. The minimum atomic E-state index is -0.507. The number of nitro benzene ring substituents is 1. The Hall–Kier alpha value is -3.69. The minimum absolute atomic E-state index is 0.181. The van der Waals surface area contributed by atoms with Gasteiger partial charge in [0.2, 0.25) is 0 Å². The van der Waals surface area contributed by atoms with E-state index in [1.54, 1.807) is 34.2 Å². The van der Waals surface area contributed by atoms with E-state index >= 15 is 0 Å². The average Bonchev–Trinajstić information content (AvgIpc) is 2.82. The number of ether oxygens (including phenoxy) is 1. The molecular weight excluding hydrogens is 426 g/mol. The Labute approximate surface area is 192 Å². The van der Waals surface area contributed by atoms with Gasteiger partial charge in [0.1, 0.15) is 5.69 Å². The van der Waals surface area contributed by atoms with Crippen molar-refractivity contribution in [2.45, 2.75) is 26.8 Å². The van der Waals surface area contributed by atoms with Crippen molar-refractivity contribution in [3.63, 3.8) is 0 Å². The van der Waals surface area contributed by atoms with Crippen LogP contribution in [-0.2, 0) is 4.74 Å². The standard InChI is InChI=1S/C23H29N5O5/c1-16(2)15-33-23(30)27-12-10-26(11-13-27)22(29)18-7-8-20(21(14-18)28(31)32)25-17(3)19-6-4-5-9-24-19/h4-9,14,16-17,25H,10-13,15H2,1-3H3. The summed E-state index contributed by atoms with van der Waals surface area (Å²) in [5.74, 6) is -0.0605. The lowest BCUT2D eigenvalue weighted by atomic mass is 10.1. The van der Waals surface area contributed by atoms with E-state index in [2.05, 4.69) is 10.3 Å². The highest BCUT2D eigenvalue weighted by Gasteiger charge is 2.27. The smallest absolute Gasteiger partial charge is 0.409 e. The van der Waals surface area contributed by atoms with Crippen LogP contribution < -0.4 is 5.32 Å². The average molecular weight is 456 g/mol. The first-order valence-electron chi connectivity index (χ1n) is 10.9. The summed E-state index contributed by atoms with van der Waals surface area (Å²) in [6.45, 7) is 7.50. The number of aromatic nitrogens is 1. The molecule has 1 fully saturated rings. The van der Waals surface area contributed by atoms with Gasteiger partial charge < -0.3 is 19.9 Å². The lowest BCUT2D eigenvalue weighted by Gasteiger charge is -2.34. The molecule has 0 saturated carbocycles. The molecule has 33 heavy (non-hydrogen) atoms. The predicted octanol–water partition coefficient (Wildman–Crippen LogP) is 3.71. The third-order valence-corrected chi connectivity index (χ3v) is 5.31. The highest BCUT2D eigenvalue weighted by atomic mass is 16.6. The summed E-state index contributed by atoms with van der Waals surface area (Å²) in [6.07, 6.45) is 1.27. The molecule has 2 aromatic rings. The lowest BCUT2D eigenvalue weighted by Crippen LogP contribution is -2.50. The normalized spacial score (nSPS) is 14.7. The number of piperazine rings is 1. The van der Waals surface area contributed by atoms with E-state index in [-0.39, 0.29) is 35.2 Å². The van der Waals surface area contributed by atoms with Gasteiger partial charge in [0.15, 0.2) is 0 Å². The Morgan fingerprint density at radius 1 is 1.12 bits per heavy atom. The molecular formula is C23H29N5O5. The summed E-state index contributed by atoms with van der Waals surface area (Å²) >= 11 is 0. The van der Waals surface area contributed by atoms with E-state index in [1.165, 1.54) is 6.07 Å². The number of pyridine rings is 1. The summed E-state index contributed by atoms with van der Waals surface area (Å²) in [5, 5.41) is 14.8. The second-order valence-corrected chi connectivity index (χ2v) is 8.36. The first kappa shape index (κ1) is 24.0. The monoisotopic (exact) mass is 455 g/mol. The van der Waals surface area contributed by atoms with E-state index in [0.717, 1.165) is 5.69 Å². The maximum absolute atomic E-state index is 13.0. The third kappa shape index (κ3) is 6.18. The highest BCUT2D eigenvalue weighted by molar-refractivity contribution is 5.96. The zero-order valence-corrected chi connectivity index (χ0v) is 19.1. The number of nitro groups is 1. The van der Waals surface area contributed by atoms with Crippen molar-refractivity contribution in [3.05, 3.63) is 64.0 Å². The summed E-state index contributed by atoms with van der Waals surface area (Å²) < 4.78 is 5.24. The number of nitrogens with zero attached hydrogens (tertiary/aromatic N) is 4. The van der Waals surface area contributed by atoms with Gasteiger partial charge in [-0.2, -0.15) is 0 Å². The zero-order valence-electron chi connectivity index (χ0n) is 19.1. The number of carbonyl (C=O) groups excluding carboxylic acids is 2. The highest BCUT2D eigenvalue weighted by Crippen LogP contribution is 2.29. The van der Waals surface area contributed by atoms with Gasteiger partial charge in [-0.25, -0.2) is 4.79 Å². The maximum Gasteiger partial charge on any atom is 0.409 e. The molecule has 10 heteroatoms. The van der Waals surface area contributed by atoms with Crippen LogP contribution in [0.4, 0.5) is 16.2 Å². The van der Waals surface area contributed by atoms with Gasteiger partial charge in [-0.15, -0.1) is 0 Å². The third-order valence-electron chi connectivity index (χ3n) is 5.31. The first-order valence-corrected chi connectivity index (χ1v) is 10.9. The van der Waals surface area contributed by atoms with Crippen LogP contribution in [-0.4, -0.2) is 64.5 Å². The van der Waals surface area contributed by atoms with Crippen LogP contribution >= 0.6 is 0 Å². The number of amides is 2. The predicted molar refractivity (Wildman–Crippen MR) is 123 cm³/mol. The molecule has 1 atom stereocenters. The maximum atomic E-state index is 13.0. The van der Waals surface area contributed by atoms with Crippen LogP contribution in [0.3, 0.4) is 0 Å². The number of carbonyl (C=O) groups is 2. The number of hydrogen-bond donors (Lipinski definition) is 1. The fraction of sp³-hybridized carbons (Fsp3) is 0.435. The minimum Gasteiger partial charge on any atom is -0.449 e. The molecule has 1 aromatic heterocycles. The van der Waals surface area contributed by atoms with E-state index < -0.39 is 4.92 Å². The molecule has 10 nitrogen and oxygen atoms in total. The zero-order chi connectivity index (χ0) is 24.0. The first-order chi connectivity index (χ1) is 15.8. The van der Waals surface area contributed by atoms with Crippen molar-refractivity contribution in [3.8, 4) is 0 Å². The Kier molecular flexibility index (Phi) is 7.81. The molecule has 2 heterocycles. The molecule has 0 aliphatic carbocycles. The van der Waals surface area contributed by atoms with Crippen molar-refractivity contribution in [2.24, 2.45) is 5.92 Å². The van der Waals surface area contributed by atoms with E-state index in [1.807, 2.05) is 32.9 Å². The van der Waals surface area contributed by atoms with Crippen LogP contribution in [0.1, 0.15) is 42.9 Å². The number of benzene rings is 1. The Morgan fingerprint density at radius 2 is 1.82 bits per heavy atom. The lowest BCUT2D eigenvalue weighted by molar-refractivity contribution is -0.384. The van der Waals surface area contributed by atoms with Gasteiger partial charge in [0.25, 0.3) is 11.6 Å². The second-order valence-electron chi connectivity index (χ2n) is 8.36. The van der Waals surface area contributed by atoms with E-state index in [4.69, 9.17) is 4.74 Å². The van der Waals surface area contributed by atoms with Gasteiger partial charge in [0.05, 0.1) is 23.3 Å². The molecule has 2 amide bonds. The van der Waals surface area contributed by atoms with E-state index in [0.29, 0.717) is 38.5 Å². The summed E-state index contributed by atoms with van der Waals surface area (Å²) in [4.78, 5) is 43.7. The van der Waals surface area contributed by atoms with Gasteiger partial charge >= 0.3 is 6.09 Å². The molecule has 1 unspecified atom stereocenters. The molecule has 1 aliphatic rings. The van der Waals surface area contributed by atoms with Crippen LogP contribution in [0, 0.1) is 16.0 Å². The molecule has 3 rings (SSSR count). The molecule has 1 aliphatic heterocycles. The molecule has 1 saturated heterocycles. The van der Waals surface area contributed by atoms with Gasteiger partial charge in [-0.1, -0.05) is 19.9 Å². The van der Waals surface area contributed by atoms with Gasteiger partial charge in [-0.05, 0) is 37.1 Å². The number of nitrogens with one attached hydrogen (secondary N) is 1. The van der Waals surface area contributed by atoms with Crippen LogP contribution in [0.5, 0.6) is 0 Å². The quantitative estimate of drug-likeness (QED) is 0.499. The summed E-state index contributed by atoms with van der Waals surface area (Å²) in [7, 11) is 0. The fourth-order valence-corrected chi connectivity index (χ4v) is 3.48. The van der Waals surface area contributed by atoms with E-state index in [9.17, 15) is 19.7 Å². The molecule has 0 spiro atoms. The van der Waals surface area contributed by atoms with Crippen molar-refractivity contribution in [2.75, 3.05) is 38.1 Å². The summed E-state index contributed by atoms with van der Waals surface area (Å²) in [5.41, 5.74) is 1.11. The van der Waals surface area contributed by atoms with Gasteiger partial charge in [0, 0.05) is 44.0 Å². The topological polar surface area (TPSA) is 118 Å². The Bertz CT molecular complexity index is 990. The van der Waals surface area contributed by atoms with Crippen molar-refractivity contribution in [1.29, 1.82) is 0 Å². The van der Waals surface area contributed by atoms with Crippen LogP contribution in [0.15, 0.2) is 42.6 Å². The molecule has 0 bridgehead atoms. The Morgan fingerprint density at radius 3 is 2.42 bits per heavy atom.